The second-order valence-electron chi connectivity index (χ2n) is 5.26. The molecule has 0 saturated carbocycles. The van der Waals surface area contributed by atoms with E-state index in [1.165, 1.54) is 17.7 Å². The van der Waals surface area contributed by atoms with E-state index in [0.29, 0.717) is 0 Å². The molecule has 1 heterocycles. The van der Waals surface area contributed by atoms with Gasteiger partial charge in [-0.15, -0.1) is 0 Å². The smallest absolute Gasteiger partial charge is 0.321 e. The molecule has 0 aliphatic rings. The summed E-state index contributed by atoms with van der Waals surface area (Å²) in [5.41, 5.74) is 0.530. The topological polar surface area (TPSA) is 33.0 Å². The Morgan fingerprint density at radius 1 is 1.17 bits per heavy atom. The SMILES string of the molecule is CCCc1cc[n+](CC(=O)Nc2cccc(C(F)(F)F)c2)cc1. The number of rotatable bonds is 5. The van der Waals surface area contributed by atoms with Gasteiger partial charge in [0.05, 0.1) is 5.56 Å². The normalized spacial score (nSPS) is 11.3. The fourth-order valence-corrected chi connectivity index (χ4v) is 2.19. The molecule has 6 heteroatoms. The zero-order chi connectivity index (χ0) is 16.9. The summed E-state index contributed by atoms with van der Waals surface area (Å²) in [7, 11) is 0. The lowest BCUT2D eigenvalue weighted by Gasteiger charge is -2.09. The molecule has 1 N–H and O–H groups in total. The van der Waals surface area contributed by atoms with Gasteiger partial charge in [0.2, 0.25) is 6.54 Å². The van der Waals surface area contributed by atoms with Gasteiger partial charge >= 0.3 is 6.18 Å². The first-order valence-corrected chi connectivity index (χ1v) is 7.33. The number of aromatic nitrogens is 1. The number of hydrogen-bond donors (Lipinski definition) is 1. The summed E-state index contributed by atoms with van der Waals surface area (Å²) < 4.78 is 39.6. The maximum Gasteiger partial charge on any atom is 0.416 e. The highest BCUT2D eigenvalue weighted by molar-refractivity contribution is 5.89. The third-order valence-electron chi connectivity index (χ3n) is 3.30. The Morgan fingerprint density at radius 2 is 1.87 bits per heavy atom. The molecule has 0 radical (unpaired) electrons. The fourth-order valence-electron chi connectivity index (χ4n) is 2.19. The standard InChI is InChI=1S/C17H17F3N2O/c1-2-4-13-7-9-22(10-8-13)12-16(23)21-15-6-3-5-14(11-15)17(18,19)20/h3,5-11H,2,4,12H2,1H3/p+1. The molecule has 23 heavy (non-hydrogen) atoms. The van der Waals surface area contributed by atoms with E-state index in [2.05, 4.69) is 12.2 Å². The number of anilines is 1. The highest BCUT2D eigenvalue weighted by Gasteiger charge is 2.30. The van der Waals surface area contributed by atoms with Crippen LogP contribution in [0.4, 0.5) is 18.9 Å². The number of aryl methyl sites for hydroxylation is 1. The molecule has 0 atom stereocenters. The van der Waals surface area contributed by atoms with Crippen molar-refractivity contribution in [3.05, 3.63) is 59.9 Å². The van der Waals surface area contributed by atoms with E-state index in [-0.39, 0.29) is 18.1 Å². The van der Waals surface area contributed by atoms with Crippen LogP contribution in [-0.4, -0.2) is 5.91 Å². The summed E-state index contributed by atoms with van der Waals surface area (Å²) >= 11 is 0. The van der Waals surface area contributed by atoms with Crippen molar-refractivity contribution in [1.82, 2.24) is 0 Å². The molecule has 1 aromatic heterocycles. The van der Waals surface area contributed by atoms with Crippen molar-refractivity contribution in [1.29, 1.82) is 0 Å². The number of hydrogen-bond acceptors (Lipinski definition) is 1. The molecule has 0 aliphatic heterocycles. The number of carbonyl (C=O) groups is 1. The Hall–Kier alpha value is -2.37. The Morgan fingerprint density at radius 3 is 2.48 bits per heavy atom. The van der Waals surface area contributed by atoms with Gasteiger partial charge in [0, 0.05) is 17.8 Å². The van der Waals surface area contributed by atoms with E-state index in [1.807, 2.05) is 12.1 Å². The van der Waals surface area contributed by atoms with Gasteiger partial charge < -0.3 is 5.32 Å². The second-order valence-corrected chi connectivity index (χ2v) is 5.26. The van der Waals surface area contributed by atoms with Crippen LogP contribution < -0.4 is 9.88 Å². The van der Waals surface area contributed by atoms with Crippen LogP contribution in [0.2, 0.25) is 0 Å². The van der Waals surface area contributed by atoms with Gasteiger partial charge in [-0.2, -0.15) is 17.7 Å². The van der Waals surface area contributed by atoms with E-state index in [0.717, 1.165) is 25.0 Å². The van der Waals surface area contributed by atoms with Gasteiger partial charge in [-0.3, -0.25) is 4.79 Å². The number of pyridine rings is 1. The molecule has 2 aromatic rings. The zero-order valence-corrected chi connectivity index (χ0v) is 12.7. The lowest BCUT2D eigenvalue weighted by Crippen LogP contribution is -2.39. The van der Waals surface area contributed by atoms with Crippen molar-refractivity contribution in [3.63, 3.8) is 0 Å². The summed E-state index contributed by atoms with van der Waals surface area (Å²) in [5, 5.41) is 2.48. The molecule has 0 unspecified atom stereocenters. The van der Waals surface area contributed by atoms with Crippen LogP contribution in [0.25, 0.3) is 0 Å². The van der Waals surface area contributed by atoms with Crippen molar-refractivity contribution in [2.75, 3.05) is 5.32 Å². The highest BCUT2D eigenvalue weighted by atomic mass is 19.4. The molecule has 2 rings (SSSR count). The Kier molecular flexibility index (Phi) is 5.36. The van der Waals surface area contributed by atoms with E-state index in [4.69, 9.17) is 0 Å². The predicted octanol–water partition coefficient (Wildman–Crippen LogP) is 3.58. The molecule has 0 saturated heterocycles. The number of halogens is 3. The molecular weight excluding hydrogens is 305 g/mol. The molecule has 0 aliphatic carbocycles. The van der Waals surface area contributed by atoms with Gasteiger partial charge in [-0.1, -0.05) is 19.4 Å². The first-order valence-electron chi connectivity index (χ1n) is 7.33. The Labute approximate surface area is 132 Å². The molecule has 0 spiro atoms. The van der Waals surface area contributed by atoms with Crippen molar-refractivity contribution >= 4 is 11.6 Å². The summed E-state index contributed by atoms with van der Waals surface area (Å²) in [6.07, 6.45) is 1.16. The van der Waals surface area contributed by atoms with Gasteiger partial charge in [0.15, 0.2) is 12.4 Å². The molecular formula is C17H18F3N2O+. The molecule has 0 fully saturated rings. The Balaban J connectivity index is 1.99. The fraction of sp³-hybridized carbons (Fsp3) is 0.294. The minimum absolute atomic E-state index is 0.0443. The summed E-state index contributed by atoms with van der Waals surface area (Å²) in [4.78, 5) is 11.9. The van der Waals surface area contributed by atoms with E-state index in [1.54, 1.807) is 17.0 Å². The largest absolute Gasteiger partial charge is 0.416 e. The lowest BCUT2D eigenvalue weighted by molar-refractivity contribution is -0.684. The van der Waals surface area contributed by atoms with Crippen molar-refractivity contribution < 1.29 is 22.5 Å². The number of benzene rings is 1. The zero-order valence-electron chi connectivity index (χ0n) is 12.7. The van der Waals surface area contributed by atoms with Gasteiger partial charge in [0.25, 0.3) is 5.91 Å². The first kappa shape index (κ1) is 17.0. The second kappa shape index (κ2) is 7.26. The quantitative estimate of drug-likeness (QED) is 0.838. The third-order valence-corrected chi connectivity index (χ3v) is 3.30. The Bertz CT molecular complexity index is 666. The van der Waals surface area contributed by atoms with Crippen LogP contribution in [0.15, 0.2) is 48.8 Å². The summed E-state index contributed by atoms with van der Waals surface area (Å²) in [6.45, 7) is 2.13. The van der Waals surface area contributed by atoms with Crippen LogP contribution in [0.3, 0.4) is 0 Å². The van der Waals surface area contributed by atoms with Crippen molar-refractivity contribution in [2.45, 2.75) is 32.5 Å². The third kappa shape index (κ3) is 5.09. The molecule has 0 bridgehead atoms. The number of alkyl halides is 3. The molecule has 1 amide bonds. The van der Waals surface area contributed by atoms with Gasteiger partial charge in [-0.25, -0.2) is 0 Å². The van der Waals surface area contributed by atoms with Crippen LogP contribution in [0, 0.1) is 0 Å². The minimum Gasteiger partial charge on any atom is -0.321 e. The average Bonchev–Trinajstić information content (AvgIpc) is 2.49. The molecule has 1 aromatic carbocycles. The first-order chi connectivity index (χ1) is 10.9. The van der Waals surface area contributed by atoms with Crippen LogP contribution in [-0.2, 0) is 23.9 Å². The maximum atomic E-state index is 12.6. The van der Waals surface area contributed by atoms with Crippen molar-refractivity contribution in [2.24, 2.45) is 0 Å². The van der Waals surface area contributed by atoms with Crippen LogP contribution >= 0.6 is 0 Å². The highest BCUT2D eigenvalue weighted by Crippen LogP contribution is 2.30. The number of carbonyl (C=O) groups excluding carboxylic acids is 1. The summed E-state index contributed by atoms with van der Waals surface area (Å²) in [6, 6.07) is 8.46. The summed E-state index contributed by atoms with van der Waals surface area (Å²) in [5.74, 6) is -0.377. The monoisotopic (exact) mass is 323 g/mol. The van der Waals surface area contributed by atoms with Crippen LogP contribution in [0.5, 0.6) is 0 Å². The maximum absolute atomic E-state index is 12.6. The van der Waals surface area contributed by atoms with Gasteiger partial charge in [0.1, 0.15) is 0 Å². The number of amides is 1. The molecule has 3 nitrogen and oxygen atoms in total. The number of nitrogens with zero attached hydrogens (tertiary/aromatic N) is 1. The lowest BCUT2D eigenvalue weighted by atomic mass is 10.1. The van der Waals surface area contributed by atoms with E-state index >= 15 is 0 Å². The van der Waals surface area contributed by atoms with Crippen molar-refractivity contribution in [3.8, 4) is 0 Å². The predicted molar refractivity (Wildman–Crippen MR) is 80.7 cm³/mol. The minimum atomic E-state index is -4.43. The average molecular weight is 323 g/mol. The van der Waals surface area contributed by atoms with E-state index in [9.17, 15) is 18.0 Å². The van der Waals surface area contributed by atoms with E-state index < -0.39 is 11.7 Å². The van der Waals surface area contributed by atoms with Crippen LogP contribution in [0.1, 0.15) is 24.5 Å². The molecule has 122 valence electrons. The van der Waals surface area contributed by atoms with Gasteiger partial charge in [-0.05, 0) is 30.2 Å². The number of nitrogens with one attached hydrogen (secondary N) is 1.